The van der Waals surface area contributed by atoms with E-state index in [1.165, 1.54) is 5.56 Å². The van der Waals surface area contributed by atoms with Gasteiger partial charge in [-0.25, -0.2) is 0 Å². The minimum absolute atomic E-state index is 0. The Labute approximate surface area is 207 Å². The maximum Gasteiger partial charge on any atom is 0.242 e. The Hall–Kier alpha value is -3.19. The summed E-state index contributed by atoms with van der Waals surface area (Å²) >= 11 is 0. The molecular weight excluding hydrogens is 448 g/mol. The lowest BCUT2D eigenvalue weighted by Gasteiger charge is -2.19. The van der Waals surface area contributed by atoms with Gasteiger partial charge in [0.2, 0.25) is 11.8 Å². The molecule has 1 atom stereocenters. The maximum absolute atomic E-state index is 12.6. The summed E-state index contributed by atoms with van der Waals surface area (Å²) in [6.07, 6.45) is 1.13. The summed E-state index contributed by atoms with van der Waals surface area (Å²) in [5.74, 6) is -0.414. The van der Waals surface area contributed by atoms with E-state index in [-0.39, 0.29) is 30.8 Å². The zero-order valence-corrected chi connectivity index (χ0v) is 20.0. The average Bonchev–Trinajstić information content (AvgIpc) is 2.85. The summed E-state index contributed by atoms with van der Waals surface area (Å²) < 4.78 is 0. The van der Waals surface area contributed by atoms with Crippen LogP contribution in [0.4, 0.5) is 0 Å². The monoisotopic (exact) mass is 480 g/mol. The molecule has 3 rings (SSSR count). The molecule has 7 heteroatoms. The Morgan fingerprint density at radius 2 is 1.41 bits per heavy atom. The van der Waals surface area contributed by atoms with Crippen molar-refractivity contribution in [2.24, 2.45) is 5.73 Å². The van der Waals surface area contributed by atoms with Crippen molar-refractivity contribution in [3.8, 4) is 11.1 Å². The number of halogens is 1. The maximum atomic E-state index is 12.6. The van der Waals surface area contributed by atoms with Crippen LogP contribution in [0.2, 0.25) is 0 Å². The Morgan fingerprint density at radius 3 is 2.06 bits per heavy atom. The van der Waals surface area contributed by atoms with E-state index in [0.29, 0.717) is 32.5 Å². The molecule has 0 aromatic heterocycles. The highest BCUT2D eigenvalue weighted by atomic mass is 35.5. The first-order chi connectivity index (χ1) is 16.2. The normalized spacial score (nSPS) is 11.2. The quantitative estimate of drug-likeness (QED) is 0.299. The first-order valence-corrected chi connectivity index (χ1v) is 11.3. The van der Waals surface area contributed by atoms with Gasteiger partial charge in [0.15, 0.2) is 0 Å². The first kappa shape index (κ1) is 27.1. The van der Waals surface area contributed by atoms with Gasteiger partial charge in [-0.3, -0.25) is 9.59 Å². The Balaban J connectivity index is 0.00000408. The van der Waals surface area contributed by atoms with E-state index < -0.39 is 6.04 Å². The molecule has 0 unspecified atom stereocenters. The lowest BCUT2D eigenvalue weighted by atomic mass is 10.0. The molecule has 0 saturated carbocycles. The predicted molar refractivity (Wildman–Crippen MR) is 140 cm³/mol. The van der Waals surface area contributed by atoms with Gasteiger partial charge in [0.25, 0.3) is 0 Å². The summed E-state index contributed by atoms with van der Waals surface area (Å²) in [7, 11) is 0. The number of rotatable bonds is 12. The highest BCUT2D eigenvalue weighted by molar-refractivity contribution is 5.88. The van der Waals surface area contributed by atoms with Crippen LogP contribution in [-0.4, -0.2) is 37.5 Å². The van der Waals surface area contributed by atoms with Crippen molar-refractivity contribution in [2.75, 3.05) is 19.6 Å². The van der Waals surface area contributed by atoms with Crippen molar-refractivity contribution in [2.45, 2.75) is 25.4 Å². The van der Waals surface area contributed by atoms with E-state index in [2.05, 4.69) is 52.3 Å². The fourth-order valence-corrected chi connectivity index (χ4v) is 3.51. The van der Waals surface area contributed by atoms with Crippen LogP contribution >= 0.6 is 12.4 Å². The molecule has 0 fully saturated rings. The number of hydrogen-bond donors (Lipinski definition) is 4. The SMILES string of the molecule is Cl.NCCCNC(=O)[C@H](Cc1ccccc1)NC(=O)CNCc1ccc(-c2ccccc2)cc1. The molecule has 6 nitrogen and oxygen atoms in total. The number of nitrogens with two attached hydrogens (primary N) is 1. The van der Waals surface area contributed by atoms with Gasteiger partial charge in [-0.1, -0.05) is 84.9 Å². The van der Waals surface area contributed by atoms with E-state index in [1.807, 2.05) is 48.5 Å². The minimum Gasteiger partial charge on any atom is -0.354 e. The fourth-order valence-electron chi connectivity index (χ4n) is 3.51. The number of nitrogens with one attached hydrogen (secondary N) is 3. The molecule has 2 amide bonds. The Kier molecular flexibility index (Phi) is 11.8. The Bertz CT molecular complexity index is 998. The van der Waals surface area contributed by atoms with Gasteiger partial charge in [-0.2, -0.15) is 0 Å². The van der Waals surface area contributed by atoms with Crippen molar-refractivity contribution in [3.05, 3.63) is 96.1 Å². The zero-order valence-electron chi connectivity index (χ0n) is 19.2. The second-order valence-electron chi connectivity index (χ2n) is 7.91. The van der Waals surface area contributed by atoms with E-state index in [0.717, 1.165) is 16.7 Å². The number of hydrogen-bond acceptors (Lipinski definition) is 4. The summed E-state index contributed by atoms with van der Waals surface area (Å²) in [4.78, 5) is 25.1. The third-order valence-corrected chi connectivity index (χ3v) is 5.29. The highest BCUT2D eigenvalue weighted by Gasteiger charge is 2.20. The highest BCUT2D eigenvalue weighted by Crippen LogP contribution is 2.19. The molecule has 0 aliphatic heterocycles. The average molecular weight is 481 g/mol. The third-order valence-electron chi connectivity index (χ3n) is 5.29. The van der Waals surface area contributed by atoms with E-state index >= 15 is 0 Å². The predicted octanol–water partition coefficient (Wildman–Crippen LogP) is 3.06. The van der Waals surface area contributed by atoms with Gasteiger partial charge < -0.3 is 21.7 Å². The molecule has 180 valence electrons. The lowest BCUT2D eigenvalue weighted by Crippen LogP contribution is -2.50. The number of carbonyl (C=O) groups is 2. The molecule has 0 saturated heterocycles. The largest absolute Gasteiger partial charge is 0.354 e. The van der Waals surface area contributed by atoms with Crippen LogP contribution in [0.15, 0.2) is 84.9 Å². The van der Waals surface area contributed by atoms with Gasteiger partial charge >= 0.3 is 0 Å². The number of carbonyl (C=O) groups excluding carboxylic acids is 2. The summed E-state index contributed by atoms with van der Waals surface area (Å²) in [6, 6.07) is 27.5. The minimum atomic E-state index is -0.635. The van der Waals surface area contributed by atoms with Crippen LogP contribution in [0.5, 0.6) is 0 Å². The second-order valence-corrected chi connectivity index (χ2v) is 7.91. The van der Waals surface area contributed by atoms with Crippen LogP contribution in [-0.2, 0) is 22.6 Å². The van der Waals surface area contributed by atoms with Crippen molar-refractivity contribution in [3.63, 3.8) is 0 Å². The first-order valence-electron chi connectivity index (χ1n) is 11.3. The van der Waals surface area contributed by atoms with Gasteiger partial charge in [-0.05, 0) is 35.2 Å². The second kappa shape index (κ2) is 14.9. The molecule has 0 spiro atoms. The summed E-state index contributed by atoms with van der Waals surface area (Å²) in [5, 5.41) is 8.88. The molecule has 0 aliphatic carbocycles. The number of amides is 2. The standard InChI is InChI=1S/C27H32N4O2.ClH/c28-16-7-17-30-27(33)25(18-21-8-3-1-4-9-21)31-26(32)20-29-19-22-12-14-24(15-13-22)23-10-5-2-6-11-23;/h1-6,8-15,25,29H,7,16-20,28H2,(H,30,33)(H,31,32);1H/t25-;/m0./s1. The van der Waals surface area contributed by atoms with Gasteiger partial charge in [-0.15, -0.1) is 12.4 Å². The van der Waals surface area contributed by atoms with Crippen LogP contribution in [0.1, 0.15) is 17.5 Å². The molecule has 0 aliphatic rings. The number of benzene rings is 3. The summed E-state index contributed by atoms with van der Waals surface area (Å²) in [5.41, 5.74) is 9.91. The molecular formula is C27H33ClN4O2. The lowest BCUT2D eigenvalue weighted by molar-refractivity contribution is -0.128. The van der Waals surface area contributed by atoms with Gasteiger partial charge in [0, 0.05) is 19.5 Å². The van der Waals surface area contributed by atoms with Gasteiger partial charge in [0.05, 0.1) is 6.54 Å². The van der Waals surface area contributed by atoms with E-state index in [4.69, 9.17) is 5.73 Å². The van der Waals surface area contributed by atoms with Crippen molar-refractivity contribution < 1.29 is 9.59 Å². The molecule has 5 N–H and O–H groups in total. The topological polar surface area (TPSA) is 96.2 Å². The fraction of sp³-hybridized carbons (Fsp3) is 0.259. The van der Waals surface area contributed by atoms with Crippen molar-refractivity contribution in [1.82, 2.24) is 16.0 Å². The zero-order chi connectivity index (χ0) is 23.3. The van der Waals surface area contributed by atoms with E-state index in [9.17, 15) is 9.59 Å². The third kappa shape index (κ3) is 8.98. The molecule has 0 bridgehead atoms. The molecule has 3 aromatic rings. The molecule has 34 heavy (non-hydrogen) atoms. The summed E-state index contributed by atoms with van der Waals surface area (Å²) in [6.45, 7) is 1.69. The van der Waals surface area contributed by atoms with Crippen molar-refractivity contribution >= 4 is 24.2 Å². The van der Waals surface area contributed by atoms with Crippen molar-refractivity contribution in [1.29, 1.82) is 0 Å². The van der Waals surface area contributed by atoms with Crippen LogP contribution < -0.4 is 21.7 Å². The van der Waals surface area contributed by atoms with Crippen LogP contribution in [0.25, 0.3) is 11.1 Å². The van der Waals surface area contributed by atoms with Crippen LogP contribution in [0, 0.1) is 0 Å². The molecule has 0 radical (unpaired) electrons. The Morgan fingerprint density at radius 1 is 0.794 bits per heavy atom. The molecule has 3 aromatic carbocycles. The van der Waals surface area contributed by atoms with E-state index in [1.54, 1.807) is 0 Å². The van der Waals surface area contributed by atoms with Crippen LogP contribution in [0.3, 0.4) is 0 Å². The molecule has 0 heterocycles. The smallest absolute Gasteiger partial charge is 0.242 e. The van der Waals surface area contributed by atoms with Gasteiger partial charge in [0.1, 0.15) is 6.04 Å².